The van der Waals surface area contributed by atoms with E-state index in [0.29, 0.717) is 5.69 Å². The molecule has 0 aliphatic heterocycles. The van der Waals surface area contributed by atoms with Crippen molar-refractivity contribution < 1.29 is 23.1 Å². The fraction of sp³-hybridized carbons (Fsp3) is 0.200. The number of aliphatic carboxylic acids is 1. The van der Waals surface area contributed by atoms with Crippen LogP contribution in [0.25, 0.3) is 0 Å². The van der Waals surface area contributed by atoms with Gasteiger partial charge in [0.2, 0.25) is 15.9 Å². The van der Waals surface area contributed by atoms with Crippen LogP contribution in [0.2, 0.25) is 0 Å². The topological polar surface area (TPSA) is 113 Å². The van der Waals surface area contributed by atoms with E-state index in [1.807, 2.05) is 0 Å². The number of hydrogen-bond donors (Lipinski definition) is 3. The summed E-state index contributed by atoms with van der Waals surface area (Å²) in [6.45, 7) is 1.35. The lowest BCUT2D eigenvalue weighted by atomic mass is 10.3. The van der Waals surface area contributed by atoms with Gasteiger partial charge in [-0.25, -0.2) is 8.42 Å². The predicted molar refractivity (Wildman–Crippen MR) is 65.8 cm³/mol. The fourth-order valence-electron chi connectivity index (χ4n) is 1.20. The van der Waals surface area contributed by atoms with Gasteiger partial charge in [-0.15, -0.1) is 0 Å². The Morgan fingerprint density at radius 1 is 1.17 bits per heavy atom. The molecule has 1 amide bonds. The van der Waals surface area contributed by atoms with Crippen molar-refractivity contribution in [2.45, 2.75) is 6.92 Å². The average Bonchev–Trinajstić information content (AvgIpc) is 2.17. The van der Waals surface area contributed by atoms with Crippen molar-refractivity contribution in [2.75, 3.05) is 15.8 Å². The van der Waals surface area contributed by atoms with Gasteiger partial charge in [0.05, 0.1) is 0 Å². The van der Waals surface area contributed by atoms with Crippen LogP contribution in [0, 0.1) is 0 Å². The van der Waals surface area contributed by atoms with Crippen molar-refractivity contribution in [1.29, 1.82) is 0 Å². The van der Waals surface area contributed by atoms with Crippen molar-refractivity contribution in [3.8, 4) is 0 Å². The number of anilines is 2. The molecule has 0 aliphatic rings. The summed E-state index contributed by atoms with van der Waals surface area (Å²) in [6.07, 6.45) is 0. The molecule has 98 valence electrons. The number of carboxylic acid groups (broad SMARTS) is 1. The molecular weight excluding hydrogens is 260 g/mol. The van der Waals surface area contributed by atoms with Gasteiger partial charge in [0.1, 0.15) is 0 Å². The maximum absolute atomic E-state index is 11.3. The van der Waals surface area contributed by atoms with Crippen molar-refractivity contribution >= 4 is 33.3 Å². The van der Waals surface area contributed by atoms with Crippen LogP contribution in [0.4, 0.5) is 11.4 Å². The van der Waals surface area contributed by atoms with E-state index in [9.17, 15) is 18.0 Å². The van der Waals surface area contributed by atoms with Crippen LogP contribution in [0.15, 0.2) is 24.3 Å². The molecule has 0 fully saturated rings. The molecule has 0 heterocycles. The summed E-state index contributed by atoms with van der Waals surface area (Å²) < 4.78 is 24.7. The van der Waals surface area contributed by atoms with Gasteiger partial charge < -0.3 is 10.4 Å². The molecule has 0 saturated heterocycles. The number of sulfonamides is 1. The quantitative estimate of drug-likeness (QED) is 0.721. The monoisotopic (exact) mass is 272 g/mol. The fourth-order valence-corrected chi connectivity index (χ4v) is 2.10. The largest absolute Gasteiger partial charge is 0.480 e. The number of carboxylic acids is 1. The lowest BCUT2D eigenvalue weighted by Gasteiger charge is -2.07. The number of carbonyl (C=O) groups is 2. The Morgan fingerprint density at radius 3 is 2.11 bits per heavy atom. The SMILES string of the molecule is CC(=O)Nc1ccc(NS(=O)(=O)CC(=O)O)cc1. The highest BCUT2D eigenvalue weighted by atomic mass is 32.2. The van der Waals surface area contributed by atoms with Crippen LogP contribution in [0.3, 0.4) is 0 Å². The second kappa shape index (κ2) is 5.50. The summed E-state index contributed by atoms with van der Waals surface area (Å²) in [6, 6.07) is 5.84. The number of benzene rings is 1. The van der Waals surface area contributed by atoms with Gasteiger partial charge in [-0.1, -0.05) is 0 Å². The van der Waals surface area contributed by atoms with E-state index in [0.717, 1.165) is 0 Å². The summed E-state index contributed by atoms with van der Waals surface area (Å²) in [7, 11) is -3.91. The molecule has 0 bridgehead atoms. The Labute approximate surface area is 104 Å². The first-order valence-corrected chi connectivity index (χ1v) is 6.54. The van der Waals surface area contributed by atoms with E-state index in [2.05, 4.69) is 10.0 Å². The first kappa shape index (κ1) is 14.0. The van der Waals surface area contributed by atoms with E-state index in [1.54, 1.807) is 0 Å². The highest BCUT2D eigenvalue weighted by molar-refractivity contribution is 7.93. The molecule has 18 heavy (non-hydrogen) atoms. The summed E-state index contributed by atoms with van der Waals surface area (Å²) >= 11 is 0. The molecule has 1 aromatic carbocycles. The van der Waals surface area contributed by atoms with Crippen LogP contribution >= 0.6 is 0 Å². The zero-order valence-electron chi connectivity index (χ0n) is 9.50. The molecule has 1 rings (SSSR count). The molecule has 0 atom stereocenters. The predicted octanol–water partition coefficient (Wildman–Crippen LogP) is 0.471. The zero-order chi connectivity index (χ0) is 13.8. The van der Waals surface area contributed by atoms with Crippen LogP contribution < -0.4 is 10.0 Å². The minimum atomic E-state index is -3.91. The molecule has 0 aromatic heterocycles. The lowest BCUT2D eigenvalue weighted by molar-refractivity contribution is -0.134. The van der Waals surface area contributed by atoms with Gasteiger partial charge in [-0.2, -0.15) is 0 Å². The van der Waals surface area contributed by atoms with E-state index in [1.165, 1.54) is 31.2 Å². The smallest absolute Gasteiger partial charge is 0.320 e. The van der Waals surface area contributed by atoms with E-state index in [-0.39, 0.29) is 11.6 Å². The van der Waals surface area contributed by atoms with Gasteiger partial charge in [0.15, 0.2) is 5.75 Å². The van der Waals surface area contributed by atoms with Crippen molar-refractivity contribution in [3.63, 3.8) is 0 Å². The van der Waals surface area contributed by atoms with Gasteiger partial charge >= 0.3 is 5.97 Å². The van der Waals surface area contributed by atoms with Crippen LogP contribution in [0.1, 0.15) is 6.92 Å². The maximum Gasteiger partial charge on any atom is 0.320 e. The highest BCUT2D eigenvalue weighted by Crippen LogP contribution is 2.14. The number of nitrogens with one attached hydrogen (secondary N) is 2. The van der Waals surface area contributed by atoms with Crippen LogP contribution in [-0.2, 0) is 19.6 Å². The molecule has 0 radical (unpaired) electrons. The normalized spacial score (nSPS) is 10.7. The number of carbonyl (C=O) groups excluding carboxylic acids is 1. The Morgan fingerprint density at radius 2 is 1.67 bits per heavy atom. The highest BCUT2D eigenvalue weighted by Gasteiger charge is 2.15. The first-order chi connectivity index (χ1) is 8.28. The third-order valence-electron chi connectivity index (χ3n) is 1.79. The van der Waals surface area contributed by atoms with Gasteiger partial charge in [-0.3, -0.25) is 14.3 Å². The third kappa shape index (κ3) is 4.83. The number of amides is 1. The standard InChI is InChI=1S/C10H12N2O5S/c1-7(13)11-8-2-4-9(5-3-8)12-18(16,17)6-10(14)15/h2-5,12H,6H2,1H3,(H,11,13)(H,14,15). The van der Waals surface area contributed by atoms with E-state index in [4.69, 9.17) is 5.11 Å². The average molecular weight is 272 g/mol. The minimum absolute atomic E-state index is 0.227. The Hall–Kier alpha value is -2.09. The lowest BCUT2D eigenvalue weighted by Crippen LogP contribution is -2.22. The summed E-state index contributed by atoms with van der Waals surface area (Å²) in [4.78, 5) is 21.1. The Kier molecular flexibility index (Phi) is 4.27. The van der Waals surface area contributed by atoms with Crippen LogP contribution in [-0.4, -0.2) is 31.2 Å². The molecule has 8 heteroatoms. The number of rotatable bonds is 5. The Balaban J connectivity index is 2.75. The second-order valence-electron chi connectivity index (χ2n) is 3.51. The third-order valence-corrected chi connectivity index (χ3v) is 2.97. The second-order valence-corrected chi connectivity index (χ2v) is 5.24. The number of hydrogen-bond acceptors (Lipinski definition) is 4. The maximum atomic E-state index is 11.3. The molecule has 7 nitrogen and oxygen atoms in total. The molecule has 3 N–H and O–H groups in total. The van der Waals surface area contributed by atoms with E-state index >= 15 is 0 Å². The molecule has 0 unspecified atom stereocenters. The molecule has 0 spiro atoms. The Bertz CT molecular complexity index is 550. The minimum Gasteiger partial charge on any atom is -0.480 e. The molecular formula is C10H12N2O5S. The van der Waals surface area contributed by atoms with Crippen LogP contribution in [0.5, 0.6) is 0 Å². The van der Waals surface area contributed by atoms with Gasteiger partial charge in [0, 0.05) is 18.3 Å². The molecule has 1 aromatic rings. The summed E-state index contributed by atoms with van der Waals surface area (Å²) in [5.74, 6) is -2.67. The van der Waals surface area contributed by atoms with Crippen molar-refractivity contribution in [3.05, 3.63) is 24.3 Å². The van der Waals surface area contributed by atoms with Crippen molar-refractivity contribution in [1.82, 2.24) is 0 Å². The van der Waals surface area contributed by atoms with Gasteiger partial charge in [0.25, 0.3) is 0 Å². The molecule has 0 aliphatic carbocycles. The molecule has 0 saturated carbocycles. The summed E-state index contributed by atoms with van der Waals surface area (Å²) in [5, 5.41) is 10.9. The van der Waals surface area contributed by atoms with Gasteiger partial charge in [-0.05, 0) is 24.3 Å². The first-order valence-electron chi connectivity index (χ1n) is 4.88. The van der Waals surface area contributed by atoms with Crippen molar-refractivity contribution in [2.24, 2.45) is 0 Å². The van der Waals surface area contributed by atoms with E-state index < -0.39 is 21.7 Å². The summed E-state index contributed by atoms with van der Waals surface area (Å²) in [5.41, 5.74) is 0.744. The zero-order valence-corrected chi connectivity index (χ0v) is 10.3.